The number of β-lactam (4-membered cyclic amide) rings is 1. The van der Waals surface area contributed by atoms with Crippen molar-refractivity contribution in [2.24, 2.45) is 5.73 Å². The van der Waals surface area contributed by atoms with Crippen LogP contribution in [0.15, 0.2) is 16.7 Å². The number of aliphatic carboxylic acids is 1. The van der Waals surface area contributed by atoms with Crippen LogP contribution in [0.4, 0.5) is 0 Å². The summed E-state index contributed by atoms with van der Waals surface area (Å²) in [7, 11) is 0. The van der Waals surface area contributed by atoms with E-state index in [-0.39, 0.29) is 27.6 Å². The predicted octanol–water partition coefficient (Wildman–Crippen LogP) is -0.00740. The van der Waals surface area contributed by atoms with Crippen molar-refractivity contribution in [1.29, 1.82) is 0 Å². The zero-order valence-corrected chi connectivity index (χ0v) is 13.4. The number of carbonyl (C=O) groups is 3. The summed E-state index contributed by atoms with van der Waals surface area (Å²) in [6, 6.07) is -0.656. The molecule has 1 amide bonds. The molecule has 3 rings (SSSR count). The molecule has 1 unspecified atom stereocenters. The van der Waals surface area contributed by atoms with Crippen molar-refractivity contribution in [2.75, 3.05) is 11.5 Å². The number of hydrogen-bond donors (Lipinski definition) is 2. The summed E-state index contributed by atoms with van der Waals surface area (Å²) in [6.07, 6.45) is 0. The second-order valence-electron chi connectivity index (χ2n) is 4.56. The second kappa shape index (κ2) is 5.99. The zero-order chi connectivity index (χ0) is 15.9. The standard InChI is InChI=1S/C11H10N4O4S3/c12-6-8(16)15-7(10(17)18)4(1-20-9(6)15)2-21-11(19)5-3-22-14-13-5/h3,6,9H,1-2,12H2,(H,17,18)/t6?,9-/m1/s1. The van der Waals surface area contributed by atoms with E-state index in [1.807, 2.05) is 0 Å². The van der Waals surface area contributed by atoms with Gasteiger partial charge in [-0.2, -0.15) is 0 Å². The maximum Gasteiger partial charge on any atom is 0.352 e. The molecule has 1 aromatic heterocycles. The third-order valence-corrected chi connectivity index (χ3v) is 6.07. The van der Waals surface area contributed by atoms with Crippen LogP contribution in [0.2, 0.25) is 0 Å². The van der Waals surface area contributed by atoms with Crippen LogP contribution >= 0.6 is 35.1 Å². The van der Waals surface area contributed by atoms with Gasteiger partial charge in [0.05, 0.1) is 0 Å². The monoisotopic (exact) mass is 358 g/mol. The van der Waals surface area contributed by atoms with Crippen LogP contribution in [0.3, 0.4) is 0 Å². The highest BCUT2D eigenvalue weighted by atomic mass is 32.2. The summed E-state index contributed by atoms with van der Waals surface area (Å²) in [6.45, 7) is 0. The molecule has 11 heteroatoms. The Bertz CT molecular complexity index is 675. The van der Waals surface area contributed by atoms with Crippen molar-refractivity contribution < 1.29 is 19.5 Å². The number of thioether (sulfide) groups is 2. The van der Waals surface area contributed by atoms with E-state index >= 15 is 0 Å². The quantitative estimate of drug-likeness (QED) is 0.715. The van der Waals surface area contributed by atoms with E-state index in [0.717, 1.165) is 23.3 Å². The van der Waals surface area contributed by atoms with Gasteiger partial charge in [-0.1, -0.05) is 16.3 Å². The molecule has 2 atom stereocenters. The first kappa shape index (κ1) is 15.5. The Labute approximate surface area is 137 Å². The Kier molecular flexibility index (Phi) is 4.21. The largest absolute Gasteiger partial charge is 0.477 e. The maximum atomic E-state index is 11.9. The van der Waals surface area contributed by atoms with Crippen LogP contribution in [0.1, 0.15) is 10.5 Å². The zero-order valence-electron chi connectivity index (χ0n) is 11.0. The molecule has 116 valence electrons. The molecule has 3 heterocycles. The number of aromatic nitrogens is 2. The van der Waals surface area contributed by atoms with E-state index < -0.39 is 17.9 Å². The normalized spacial score (nSPS) is 24.0. The fourth-order valence-corrected chi connectivity index (χ4v) is 4.90. The summed E-state index contributed by atoms with van der Waals surface area (Å²) in [5, 5.41) is 14.0. The number of carbonyl (C=O) groups excluding carboxylic acids is 2. The Morgan fingerprint density at radius 1 is 1.55 bits per heavy atom. The maximum absolute atomic E-state index is 11.9. The number of nitrogens with two attached hydrogens (primary N) is 1. The molecule has 8 nitrogen and oxygen atoms in total. The van der Waals surface area contributed by atoms with Gasteiger partial charge in [-0.25, -0.2) is 4.79 Å². The predicted molar refractivity (Wildman–Crippen MR) is 82.4 cm³/mol. The van der Waals surface area contributed by atoms with E-state index in [1.165, 1.54) is 22.0 Å². The summed E-state index contributed by atoms with van der Waals surface area (Å²) < 4.78 is 3.61. The molecular weight excluding hydrogens is 348 g/mol. The van der Waals surface area contributed by atoms with Crippen LogP contribution in [0, 0.1) is 0 Å². The van der Waals surface area contributed by atoms with Gasteiger partial charge in [-0.15, -0.1) is 16.9 Å². The van der Waals surface area contributed by atoms with Crippen molar-refractivity contribution in [2.45, 2.75) is 11.4 Å². The average Bonchev–Trinajstić information content (AvgIpc) is 3.05. The van der Waals surface area contributed by atoms with Crippen LogP contribution in [-0.2, 0) is 9.59 Å². The Morgan fingerprint density at radius 2 is 2.32 bits per heavy atom. The number of fused-ring (bicyclic) bond motifs is 1. The molecular formula is C11H10N4O4S3. The van der Waals surface area contributed by atoms with Crippen LogP contribution < -0.4 is 5.73 Å². The van der Waals surface area contributed by atoms with E-state index in [2.05, 4.69) is 9.59 Å². The number of rotatable bonds is 4. The van der Waals surface area contributed by atoms with E-state index in [0.29, 0.717) is 11.3 Å². The lowest BCUT2D eigenvalue weighted by Gasteiger charge is -2.48. The third kappa shape index (κ3) is 2.53. The summed E-state index contributed by atoms with van der Waals surface area (Å²) in [4.78, 5) is 36.3. The molecule has 1 aromatic rings. The molecule has 0 bridgehead atoms. The topological polar surface area (TPSA) is 126 Å². The molecule has 1 fully saturated rings. The van der Waals surface area contributed by atoms with Gasteiger partial charge in [-0.3, -0.25) is 14.5 Å². The highest BCUT2D eigenvalue weighted by Gasteiger charge is 2.51. The fraction of sp³-hybridized carbons (Fsp3) is 0.364. The van der Waals surface area contributed by atoms with Gasteiger partial charge in [0.25, 0.3) is 0 Å². The fourth-order valence-electron chi connectivity index (χ4n) is 2.17. The molecule has 0 spiro atoms. The molecule has 2 aliphatic rings. The first-order chi connectivity index (χ1) is 10.5. The summed E-state index contributed by atoms with van der Waals surface area (Å²) >= 11 is 3.44. The molecule has 0 aromatic carbocycles. The average molecular weight is 358 g/mol. The Balaban J connectivity index is 1.77. The molecule has 2 aliphatic heterocycles. The minimum absolute atomic E-state index is 0.0489. The lowest BCUT2D eigenvalue weighted by atomic mass is 10.0. The Morgan fingerprint density at radius 3 is 2.95 bits per heavy atom. The second-order valence-corrected chi connectivity index (χ2v) is 7.22. The first-order valence-corrected chi connectivity index (χ1v) is 8.97. The molecule has 0 saturated carbocycles. The molecule has 3 N–H and O–H groups in total. The summed E-state index contributed by atoms with van der Waals surface area (Å²) in [5.41, 5.74) is 6.40. The molecule has 0 radical (unpaired) electrons. The molecule has 22 heavy (non-hydrogen) atoms. The van der Waals surface area contributed by atoms with E-state index in [4.69, 9.17) is 5.73 Å². The van der Waals surface area contributed by atoms with Gasteiger partial charge < -0.3 is 10.8 Å². The van der Waals surface area contributed by atoms with Crippen LogP contribution in [0.5, 0.6) is 0 Å². The van der Waals surface area contributed by atoms with Crippen LogP contribution in [0.25, 0.3) is 0 Å². The number of amides is 1. The summed E-state index contributed by atoms with van der Waals surface area (Å²) in [5.74, 6) is -0.952. The number of hydrogen-bond acceptors (Lipinski definition) is 9. The van der Waals surface area contributed by atoms with Crippen molar-refractivity contribution in [3.63, 3.8) is 0 Å². The van der Waals surface area contributed by atoms with Crippen molar-refractivity contribution in [3.8, 4) is 0 Å². The van der Waals surface area contributed by atoms with Crippen molar-refractivity contribution in [3.05, 3.63) is 22.3 Å². The van der Waals surface area contributed by atoms with Gasteiger partial charge in [0.2, 0.25) is 11.0 Å². The van der Waals surface area contributed by atoms with Crippen molar-refractivity contribution in [1.82, 2.24) is 14.5 Å². The molecule has 0 aliphatic carbocycles. The van der Waals surface area contributed by atoms with Gasteiger partial charge in [0.1, 0.15) is 17.1 Å². The SMILES string of the molecule is NC1C(=O)N2C(C(=O)O)=C(CSC(=O)c3csnn3)CS[C@H]12. The first-order valence-electron chi connectivity index (χ1n) is 6.10. The highest BCUT2D eigenvalue weighted by Crippen LogP contribution is 2.40. The minimum atomic E-state index is -1.18. The van der Waals surface area contributed by atoms with Crippen LogP contribution in [-0.4, -0.2) is 59.5 Å². The van der Waals surface area contributed by atoms with Gasteiger partial charge in [0.15, 0.2) is 5.69 Å². The number of carboxylic acid groups (broad SMARTS) is 1. The Hall–Kier alpha value is -1.43. The van der Waals surface area contributed by atoms with E-state index in [9.17, 15) is 19.5 Å². The lowest BCUT2D eigenvalue weighted by molar-refractivity contribution is -0.147. The number of nitrogens with zero attached hydrogens (tertiary/aromatic N) is 3. The van der Waals surface area contributed by atoms with Crippen molar-refractivity contribution >= 4 is 52.0 Å². The lowest BCUT2D eigenvalue weighted by Crippen LogP contribution is -2.68. The third-order valence-electron chi connectivity index (χ3n) is 3.24. The highest BCUT2D eigenvalue weighted by molar-refractivity contribution is 8.14. The van der Waals surface area contributed by atoms with Gasteiger partial charge >= 0.3 is 5.97 Å². The number of carboxylic acids is 1. The minimum Gasteiger partial charge on any atom is -0.477 e. The van der Waals surface area contributed by atoms with E-state index in [1.54, 1.807) is 0 Å². The molecule has 1 saturated heterocycles. The smallest absolute Gasteiger partial charge is 0.352 e. The van der Waals surface area contributed by atoms with Gasteiger partial charge in [0, 0.05) is 16.9 Å². The van der Waals surface area contributed by atoms with Gasteiger partial charge in [-0.05, 0) is 17.1 Å².